The number of hydrogen-bond acceptors (Lipinski definition) is 6. The van der Waals surface area contributed by atoms with E-state index in [1.807, 2.05) is 13.8 Å². The first kappa shape index (κ1) is 15.9. The summed E-state index contributed by atoms with van der Waals surface area (Å²) in [6.45, 7) is 4.52. The molecule has 2 aromatic rings. The van der Waals surface area contributed by atoms with Crippen molar-refractivity contribution in [2.24, 2.45) is 0 Å². The van der Waals surface area contributed by atoms with Gasteiger partial charge in [-0.3, -0.25) is 9.78 Å². The van der Waals surface area contributed by atoms with E-state index in [-0.39, 0.29) is 23.6 Å². The van der Waals surface area contributed by atoms with Crippen molar-refractivity contribution in [1.29, 1.82) is 0 Å². The van der Waals surface area contributed by atoms with Gasteiger partial charge in [-0.25, -0.2) is 0 Å². The van der Waals surface area contributed by atoms with Crippen molar-refractivity contribution in [3.63, 3.8) is 0 Å². The molecule has 0 saturated carbocycles. The van der Waals surface area contributed by atoms with Gasteiger partial charge in [0.05, 0.1) is 18.8 Å². The van der Waals surface area contributed by atoms with Crippen LogP contribution in [0, 0.1) is 13.8 Å². The molecule has 7 nitrogen and oxygen atoms in total. The van der Waals surface area contributed by atoms with Gasteiger partial charge in [0.2, 0.25) is 11.9 Å². The smallest absolute Gasteiger partial charge is 0.244 e. The number of nitrogens with zero attached hydrogens (tertiary/aromatic N) is 4. The second-order valence-corrected chi connectivity index (χ2v) is 6.45. The van der Waals surface area contributed by atoms with E-state index in [0.717, 1.165) is 21.3 Å². The third-order valence-electron chi connectivity index (χ3n) is 3.62. The van der Waals surface area contributed by atoms with Crippen LogP contribution in [0.2, 0.25) is 5.15 Å². The van der Waals surface area contributed by atoms with Crippen LogP contribution in [-0.4, -0.2) is 27.4 Å². The van der Waals surface area contributed by atoms with Gasteiger partial charge in [0, 0.05) is 10.7 Å². The van der Waals surface area contributed by atoms with Crippen LogP contribution >= 0.6 is 27.5 Å². The quantitative estimate of drug-likeness (QED) is 0.756. The molecule has 0 saturated heterocycles. The van der Waals surface area contributed by atoms with E-state index in [2.05, 4.69) is 36.2 Å². The number of pyridine rings is 1. The van der Waals surface area contributed by atoms with E-state index in [1.54, 1.807) is 11.1 Å². The minimum atomic E-state index is -0.184. The van der Waals surface area contributed by atoms with Gasteiger partial charge in [0.1, 0.15) is 5.69 Å². The Kier molecular flexibility index (Phi) is 4.11. The Morgan fingerprint density at radius 3 is 2.91 bits per heavy atom. The average Bonchev–Trinajstić information content (AvgIpc) is 2.49. The summed E-state index contributed by atoms with van der Waals surface area (Å²) >= 11 is 9.62. The summed E-state index contributed by atoms with van der Waals surface area (Å²) in [5.74, 6) is 0.376. The highest BCUT2D eigenvalue weighted by molar-refractivity contribution is 9.10. The number of anilines is 3. The molecule has 1 aliphatic rings. The van der Waals surface area contributed by atoms with Crippen molar-refractivity contribution < 1.29 is 4.79 Å². The molecule has 23 heavy (non-hydrogen) atoms. The molecule has 0 fully saturated rings. The van der Waals surface area contributed by atoms with Crippen molar-refractivity contribution >= 4 is 50.9 Å². The van der Waals surface area contributed by atoms with Gasteiger partial charge in [-0.15, -0.1) is 0 Å². The predicted molar refractivity (Wildman–Crippen MR) is 92.5 cm³/mol. The van der Waals surface area contributed by atoms with E-state index < -0.39 is 0 Å². The van der Waals surface area contributed by atoms with E-state index in [9.17, 15) is 4.79 Å². The van der Waals surface area contributed by atoms with Crippen LogP contribution in [0.4, 0.5) is 17.5 Å². The van der Waals surface area contributed by atoms with Crippen molar-refractivity contribution in [3.05, 3.63) is 32.6 Å². The normalized spacial score (nSPS) is 13.7. The molecule has 3 rings (SSSR count). The molecule has 0 aromatic carbocycles. The van der Waals surface area contributed by atoms with E-state index >= 15 is 0 Å². The molecule has 1 amide bonds. The topological polar surface area (TPSA) is 97.0 Å². The number of amides is 1. The fourth-order valence-corrected chi connectivity index (χ4v) is 2.97. The Labute approximate surface area is 146 Å². The molecule has 3 N–H and O–H groups in total. The number of carbonyl (C=O) groups is 1. The number of carbonyl (C=O) groups excluding carboxylic acids is 1. The molecule has 2 aromatic heterocycles. The number of nitrogens with one attached hydrogen (secondary N) is 1. The zero-order valence-electron chi connectivity index (χ0n) is 12.5. The average molecular weight is 398 g/mol. The Hall–Kier alpha value is -1.93. The lowest BCUT2D eigenvalue weighted by molar-refractivity contribution is -0.115. The highest BCUT2D eigenvalue weighted by Gasteiger charge is 2.27. The fraction of sp³-hybridized carbons (Fsp3) is 0.286. The molecular formula is C14H14BrClN6O. The van der Waals surface area contributed by atoms with E-state index in [1.165, 1.54) is 0 Å². The van der Waals surface area contributed by atoms with E-state index in [0.29, 0.717) is 18.1 Å². The summed E-state index contributed by atoms with van der Waals surface area (Å²) in [6, 6.07) is 0. The van der Waals surface area contributed by atoms with Crippen molar-refractivity contribution in [1.82, 2.24) is 15.0 Å². The first-order valence-electron chi connectivity index (χ1n) is 6.85. The van der Waals surface area contributed by atoms with Gasteiger partial charge in [0.25, 0.3) is 0 Å². The van der Waals surface area contributed by atoms with Gasteiger partial charge >= 0.3 is 0 Å². The van der Waals surface area contributed by atoms with Crippen molar-refractivity contribution in [2.75, 3.05) is 22.5 Å². The monoisotopic (exact) mass is 396 g/mol. The van der Waals surface area contributed by atoms with Crippen LogP contribution < -0.4 is 16.0 Å². The first-order valence-corrected chi connectivity index (χ1v) is 8.02. The second kappa shape index (κ2) is 5.93. The van der Waals surface area contributed by atoms with Gasteiger partial charge in [-0.05, 0) is 25.0 Å². The maximum atomic E-state index is 11.9. The van der Waals surface area contributed by atoms with Crippen molar-refractivity contribution in [3.8, 4) is 0 Å². The fourth-order valence-electron chi connectivity index (χ4n) is 2.42. The summed E-state index contributed by atoms with van der Waals surface area (Å²) < 4.78 is 1.00. The molecule has 0 radical (unpaired) electrons. The predicted octanol–water partition coefficient (Wildman–Crippen LogP) is 2.45. The van der Waals surface area contributed by atoms with Crippen LogP contribution in [0.1, 0.15) is 16.8 Å². The summed E-state index contributed by atoms with van der Waals surface area (Å²) in [5.41, 5.74) is 8.97. The standard InChI is InChI=1S/C14H14BrClN6O/c1-6-3-18-8(7(2)10(6)15)4-22-5-9(23)19-11-12(16)20-14(17)21-13(11)22/h3H,4-5H2,1-2H3,(H,19,23)(H2,17,20,21). The number of fused-ring (bicyclic) bond motifs is 1. The van der Waals surface area contributed by atoms with Gasteiger partial charge in [-0.1, -0.05) is 27.5 Å². The van der Waals surface area contributed by atoms with Crippen LogP contribution in [0.25, 0.3) is 0 Å². The Balaban J connectivity index is 2.02. The minimum Gasteiger partial charge on any atom is -0.368 e. The van der Waals surface area contributed by atoms with Crippen LogP contribution in [0.3, 0.4) is 0 Å². The lowest BCUT2D eigenvalue weighted by atomic mass is 10.1. The van der Waals surface area contributed by atoms with Gasteiger partial charge < -0.3 is 16.0 Å². The zero-order chi connectivity index (χ0) is 16.7. The number of aryl methyl sites for hydroxylation is 1. The summed E-state index contributed by atoms with van der Waals surface area (Å²) in [6.07, 6.45) is 1.79. The molecular weight excluding hydrogens is 384 g/mol. The van der Waals surface area contributed by atoms with Gasteiger partial charge in [-0.2, -0.15) is 9.97 Å². The van der Waals surface area contributed by atoms with Crippen LogP contribution in [0.5, 0.6) is 0 Å². The number of aromatic nitrogens is 3. The highest BCUT2D eigenvalue weighted by Crippen LogP contribution is 2.34. The Bertz CT molecular complexity index is 812. The molecule has 1 aliphatic heterocycles. The van der Waals surface area contributed by atoms with Gasteiger partial charge in [0.15, 0.2) is 11.0 Å². The largest absolute Gasteiger partial charge is 0.368 e. The lowest BCUT2D eigenvalue weighted by Crippen LogP contribution is -2.39. The van der Waals surface area contributed by atoms with E-state index in [4.69, 9.17) is 17.3 Å². The maximum Gasteiger partial charge on any atom is 0.244 e. The molecule has 120 valence electrons. The third kappa shape index (κ3) is 2.96. The third-order valence-corrected chi connectivity index (χ3v) is 5.12. The maximum absolute atomic E-state index is 11.9. The number of rotatable bonds is 2. The summed E-state index contributed by atoms with van der Waals surface area (Å²) in [7, 11) is 0. The zero-order valence-corrected chi connectivity index (χ0v) is 14.9. The minimum absolute atomic E-state index is 0.0599. The Morgan fingerprint density at radius 1 is 1.43 bits per heavy atom. The Morgan fingerprint density at radius 2 is 2.17 bits per heavy atom. The number of nitrogens with two attached hydrogens (primary N) is 1. The molecule has 0 aliphatic carbocycles. The van der Waals surface area contributed by atoms with Crippen LogP contribution in [0.15, 0.2) is 10.7 Å². The molecule has 3 heterocycles. The molecule has 9 heteroatoms. The molecule has 0 unspecified atom stereocenters. The lowest BCUT2D eigenvalue weighted by Gasteiger charge is -2.30. The number of halogens is 2. The van der Waals surface area contributed by atoms with Crippen molar-refractivity contribution in [2.45, 2.75) is 20.4 Å². The van der Waals surface area contributed by atoms with Crippen LogP contribution in [-0.2, 0) is 11.3 Å². The molecule has 0 atom stereocenters. The molecule has 0 bridgehead atoms. The second-order valence-electron chi connectivity index (χ2n) is 5.30. The number of hydrogen-bond donors (Lipinski definition) is 2. The summed E-state index contributed by atoms with van der Waals surface area (Å²) in [5, 5.41) is 2.81. The molecule has 0 spiro atoms. The first-order chi connectivity index (χ1) is 10.9. The SMILES string of the molecule is Cc1cnc(CN2CC(=O)Nc3c(Cl)nc(N)nc32)c(C)c1Br. The number of nitrogen functional groups attached to an aromatic ring is 1. The highest BCUT2D eigenvalue weighted by atomic mass is 79.9. The summed E-state index contributed by atoms with van der Waals surface area (Å²) in [4.78, 5) is 26.3.